The van der Waals surface area contributed by atoms with Gasteiger partial charge in [0, 0.05) is 19.3 Å². The number of carbonyl (C=O) groups is 2. The van der Waals surface area contributed by atoms with Crippen molar-refractivity contribution in [2.75, 3.05) is 29.3 Å². The van der Waals surface area contributed by atoms with E-state index in [0.717, 1.165) is 5.56 Å². The van der Waals surface area contributed by atoms with E-state index >= 15 is 0 Å². The Bertz CT molecular complexity index is 1130. The monoisotopic (exact) mass is 461 g/mol. The van der Waals surface area contributed by atoms with Crippen LogP contribution in [0.2, 0.25) is 0 Å². The standard InChI is InChI=1S/C22H27N3O6S/c1-4-31-22(28)16-6-5-9-25(13-16)20-18(11-17(12-23-20)21(26)27)24-32(29,30)19-8-7-14(2)10-15(19)3/h7-8,10-12,16,24H,4-6,9,13H2,1-3H3,(H,26,27). The van der Waals surface area contributed by atoms with Crippen LogP contribution in [0, 0.1) is 19.8 Å². The third-order valence-electron chi connectivity index (χ3n) is 5.32. The lowest BCUT2D eigenvalue weighted by Gasteiger charge is -2.33. The van der Waals surface area contributed by atoms with E-state index in [0.29, 0.717) is 31.5 Å². The van der Waals surface area contributed by atoms with Gasteiger partial charge in [-0.3, -0.25) is 9.52 Å². The number of pyridine rings is 1. The first-order valence-electron chi connectivity index (χ1n) is 10.4. The van der Waals surface area contributed by atoms with Crippen LogP contribution in [0.4, 0.5) is 11.5 Å². The molecule has 1 saturated heterocycles. The van der Waals surface area contributed by atoms with E-state index < -0.39 is 16.0 Å². The van der Waals surface area contributed by atoms with Gasteiger partial charge in [0.15, 0.2) is 5.82 Å². The number of hydrogen-bond acceptors (Lipinski definition) is 7. The van der Waals surface area contributed by atoms with Crippen LogP contribution in [0.5, 0.6) is 0 Å². The molecule has 1 aromatic heterocycles. The Morgan fingerprint density at radius 1 is 1.28 bits per heavy atom. The number of aromatic carboxylic acids is 1. The van der Waals surface area contributed by atoms with Crippen molar-refractivity contribution in [2.45, 2.75) is 38.5 Å². The Morgan fingerprint density at radius 2 is 2.03 bits per heavy atom. The lowest BCUT2D eigenvalue weighted by molar-refractivity contribution is -0.148. The Balaban J connectivity index is 1.98. The SMILES string of the molecule is CCOC(=O)C1CCCN(c2ncc(C(=O)O)cc2NS(=O)(=O)c2ccc(C)cc2C)C1. The molecule has 1 fully saturated rings. The van der Waals surface area contributed by atoms with E-state index in [4.69, 9.17) is 4.74 Å². The highest BCUT2D eigenvalue weighted by Gasteiger charge is 2.30. The fraction of sp³-hybridized carbons (Fsp3) is 0.409. The molecule has 172 valence electrons. The summed E-state index contributed by atoms with van der Waals surface area (Å²) in [6, 6.07) is 6.22. The van der Waals surface area contributed by atoms with Crippen LogP contribution in [0.25, 0.3) is 0 Å². The first kappa shape index (κ1) is 23.5. The maximum Gasteiger partial charge on any atom is 0.337 e. The van der Waals surface area contributed by atoms with Crippen LogP contribution in [0.3, 0.4) is 0 Å². The molecular weight excluding hydrogens is 434 g/mol. The molecule has 1 aliphatic heterocycles. The number of piperidine rings is 1. The summed E-state index contributed by atoms with van der Waals surface area (Å²) in [5.41, 5.74) is 1.40. The number of carbonyl (C=O) groups excluding carboxylic acids is 1. The van der Waals surface area contributed by atoms with Crippen molar-refractivity contribution in [1.82, 2.24) is 4.98 Å². The molecule has 1 atom stereocenters. The molecule has 2 heterocycles. The van der Waals surface area contributed by atoms with Gasteiger partial charge in [-0.05, 0) is 51.3 Å². The zero-order valence-electron chi connectivity index (χ0n) is 18.3. The molecule has 0 radical (unpaired) electrons. The average molecular weight is 462 g/mol. The lowest BCUT2D eigenvalue weighted by Crippen LogP contribution is -2.40. The van der Waals surface area contributed by atoms with Gasteiger partial charge in [0.25, 0.3) is 10.0 Å². The highest BCUT2D eigenvalue weighted by atomic mass is 32.2. The number of carboxylic acid groups (broad SMARTS) is 1. The minimum Gasteiger partial charge on any atom is -0.478 e. The normalized spacial score (nSPS) is 16.5. The number of ether oxygens (including phenoxy) is 1. The van der Waals surface area contributed by atoms with Crippen molar-refractivity contribution in [3.05, 3.63) is 47.2 Å². The molecular formula is C22H27N3O6S. The van der Waals surface area contributed by atoms with Crippen LogP contribution in [0.15, 0.2) is 35.4 Å². The van der Waals surface area contributed by atoms with Gasteiger partial charge >= 0.3 is 11.9 Å². The Morgan fingerprint density at radius 3 is 2.69 bits per heavy atom. The summed E-state index contributed by atoms with van der Waals surface area (Å²) < 4.78 is 33.9. The van der Waals surface area contributed by atoms with Crippen LogP contribution in [-0.4, -0.2) is 50.1 Å². The second kappa shape index (κ2) is 9.56. The van der Waals surface area contributed by atoms with Gasteiger partial charge in [-0.1, -0.05) is 17.7 Å². The Labute approximate surface area is 187 Å². The molecule has 9 nitrogen and oxygen atoms in total. The summed E-state index contributed by atoms with van der Waals surface area (Å²) in [5.74, 6) is -1.62. The topological polar surface area (TPSA) is 126 Å². The number of anilines is 2. The van der Waals surface area contributed by atoms with Gasteiger partial charge in [0.2, 0.25) is 0 Å². The number of rotatable bonds is 7. The number of esters is 1. The molecule has 1 unspecified atom stereocenters. The summed E-state index contributed by atoms with van der Waals surface area (Å²) >= 11 is 0. The van der Waals surface area contributed by atoms with Gasteiger partial charge in [-0.2, -0.15) is 0 Å². The third kappa shape index (κ3) is 5.18. The quantitative estimate of drug-likeness (QED) is 0.603. The van der Waals surface area contributed by atoms with E-state index in [2.05, 4.69) is 9.71 Å². The van der Waals surface area contributed by atoms with Crippen molar-refractivity contribution in [1.29, 1.82) is 0 Å². The second-order valence-corrected chi connectivity index (χ2v) is 9.46. The van der Waals surface area contributed by atoms with Gasteiger partial charge in [0.1, 0.15) is 0 Å². The summed E-state index contributed by atoms with van der Waals surface area (Å²) in [6.45, 7) is 6.44. The van der Waals surface area contributed by atoms with E-state index in [9.17, 15) is 23.1 Å². The van der Waals surface area contributed by atoms with E-state index in [1.54, 1.807) is 30.9 Å². The fourth-order valence-corrected chi connectivity index (χ4v) is 5.10. The average Bonchev–Trinajstić information content (AvgIpc) is 2.73. The maximum atomic E-state index is 13.1. The number of benzene rings is 1. The highest BCUT2D eigenvalue weighted by molar-refractivity contribution is 7.92. The van der Waals surface area contributed by atoms with Crippen molar-refractivity contribution < 1.29 is 27.9 Å². The molecule has 2 N–H and O–H groups in total. The van der Waals surface area contributed by atoms with Gasteiger partial charge in [-0.15, -0.1) is 0 Å². The molecule has 0 amide bonds. The smallest absolute Gasteiger partial charge is 0.337 e. The van der Waals surface area contributed by atoms with Crippen LogP contribution in [-0.2, 0) is 19.6 Å². The van der Waals surface area contributed by atoms with E-state index in [-0.39, 0.29) is 40.5 Å². The molecule has 0 aliphatic carbocycles. The summed E-state index contributed by atoms with van der Waals surface area (Å²) in [4.78, 5) is 29.8. The second-order valence-electron chi connectivity index (χ2n) is 7.81. The molecule has 1 aliphatic rings. The van der Waals surface area contributed by atoms with Gasteiger partial charge in [0.05, 0.1) is 28.7 Å². The maximum absolute atomic E-state index is 13.1. The number of nitrogens with one attached hydrogen (secondary N) is 1. The van der Waals surface area contributed by atoms with Crippen LogP contribution < -0.4 is 9.62 Å². The minimum absolute atomic E-state index is 0.0504. The Hall–Kier alpha value is -3.14. The van der Waals surface area contributed by atoms with E-state index in [1.165, 1.54) is 18.3 Å². The van der Waals surface area contributed by atoms with Gasteiger partial charge in [-0.25, -0.2) is 18.2 Å². The largest absolute Gasteiger partial charge is 0.478 e. The first-order valence-corrected chi connectivity index (χ1v) is 11.9. The van der Waals surface area contributed by atoms with Crippen LogP contribution >= 0.6 is 0 Å². The van der Waals surface area contributed by atoms with Crippen molar-refractivity contribution in [3.8, 4) is 0 Å². The first-order chi connectivity index (χ1) is 15.1. The predicted octanol–water partition coefficient (Wildman–Crippen LogP) is 2.98. The number of hydrogen-bond donors (Lipinski definition) is 2. The minimum atomic E-state index is -4.00. The van der Waals surface area contributed by atoms with Crippen molar-refractivity contribution in [2.24, 2.45) is 5.92 Å². The van der Waals surface area contributed by atoms with Crippen LogP contribution in [0.1, 0.15) is 41.3 Å². The molecule has 2 aromatic rings. The van der Waals surface area contributed by atoms with Gasteiger partial charge < -0.3 is 14.7 Å². The molecule has 1 aromatic carbocycles. The zero-order valence-corrected chi connectivity index (χ0v) is 19.1. The highest BCUT2D eigenvalue weighted by Crippen LogP contribution is 2.31. The zero-order chi connectivity index (χ0) is 23.5. The molecule has 0 spiro atoms. The summed E-state index contributed by atoms with van der Waals surface area (Å²) in [6.07, 6.45) is 2.53. The fourth-order valence-electron chi connectivity index (χ4n) is 3.82. The lowest BCUT2D eigenvalue weighted by atomic mass is 9.98. The number of sulfonamides is 1. The number of aryl methyl sites for hydroxylation is 2. The molecule has 10 heteroatoms. The summed E-state index contributed by atoms with van der Waals surface area (Å²) in [7, 11) is -4.00. The van der Waals surface area contributed by atoms with Crippen molar-refractivity contribution >= 4 is 33.5 Å². The van der Waals surface area contributed by atoms with E-state index in [1.807, 2.05) is 6.92 Å². The third-order valence-corrected chi connectivity index (χ3v) is 6.84. The molecule has 3 rings (SSSR count). The molecule has 0 saturated carbocycles. The molecule has 32 heavy (non-hydrogen) atoms. The predicted molar refractivity (Wildman–Crippen MR) is 119 cm³/mol. The molecule has 0 bridgehead atoms. The number of aromatic nitrogens is 1. The number of carboxylic acids is 1. The summed E-state index contributed by atoms with van der Waals surface area (Å²) in [5, 5.41) is 9.38. The van der Waals surface area contributed by atoms with Crippen molar-refractivity contribution in [3.63, 3.8) is 0 Å². The number of nitrogens with zero attached hydrogens (tertiary/aromatic N) is 2. The Kier molecular flexibility index (Phi) is 7.02.